The van der Waals surface area contributed by atoms with Crippen molar-refractivity contribution in [2.24, 2.45) is 0 Å². The van der Waals surface area contributed by atoms with Crippen molar-refractivity contribution >= 4 is 6.03 Å². The number of benzene rings is 2. The first kappa shape index (κ1) is 16.8. The maximum atomic E-state index is 13.5. The highest BCUT2D eigenvalue weighted by molar-refractivity contribution is 5.77. The maximum Gasteiger partial charge on any atom is 0.318 e. The number of fused-ring (bicyclic) bond motifs is 3. The summed E-state index contributed by atoms with van der Waals surface area (Å²) in [5, 5.41) is 3.34. The predicted molar refractivity (Wildman–Crippen MR) is 102 cm³/mol. The summed E-state index contributed by atoms with van der Waals surface area (Å²) in [6, 6.07) is 14.7. The summed E-state index contributed by atoms with van der Waals surface area (Å²) >= 11 is 0. The number of hydrogen-bond acceptors (Lipinski definition) is 2. The Morgan fingerprint density at radius 3 is 2.59 bits per heavy atom. The van der Waals surface area contributed by atoms with E-state index in [1.807, 2.05) is 17.0 Å². The number of nitrogens with one attached hydrogen (secondary N) is 1. The molecule has 6 rings (SSSR count). The first-order valence-electron chi connectivity index (χ1n) is 9.78. The van der Waals surface area contributed by atoms with Crippen LogP contribution in [0.5, 0.6) is 0 Å². The molecule has 2 bridgehead atoms. The fourth-order valence-electron chi connectivity index (χ4n) is 5.00. The molecule has 1 N–H and O–H groups in total. The molecule has 3 saturated heterocycles. The van der Waals surface area contributed by atoms with Gasteiger partial charge < -0.3 is 10.2 Å². The normalized spacial score (nSPS) is 28.9. The Bertz CT molecular complexity index is 855. The van der Waals surface area contributed by atoms with E-state index >= 15 is 0 Å². The van der Waals surface area contributed by atoms with E-state index in [9.17, 15) is 9.18 Å². The zero-order valence-electron chi connectivity index (χ0n) is 15.3. The van der Waals surface area contributed by atoms with Gasteiger partial charge in [0.05, 0.1) is 11.6 Å². The van der Waals surface area contributed by atoms with Crippen molar-refractivity contribution in [2.75, 3.05) is 26.2 Å². The highest BCUT2D eigenvalue weighted by Gasteiger charge is 2.47. The minimum absolute atomic E-state index is 0.000350. The number of nitrogens with zero attached hydrogens (tertiary/aromatic N) is 2. The van der Waals surface area contributed by atoms with Gasteiger partial charge in [-0.3, -0.25) is 4.90 Å². The SMILES string of the molecule is O=C(NC12CCCN(C1)C2)N1CCc2ccccc2[C@@H]1c1ccc(F)cc1. The Hall–Kier alpha value is -2.40. The molecule has 4 aliphatic heterocycles. The molecule has 2 aromatic carbocycles. The smallest absolute Gasteiger partial charge is 0.318 e. The standard InChI is InChI=1S/C22H24FN3O/c23-18-8-6-17(7-9-18)20-19-5-2-1-4-16(19)10-13-26(20)21(27)24-22-11-3-12-25(14-22)15-22/h1-2,4-9,20H,3,10-15H2,(H,24,27)/t20-/m0/s1. The average Bonchev–Trinajstić information content (AvgIpc) is 2.67. The second-order valence-corrected chi connectivity index (χ2v) is 8.12. The van der Waals surface area contributed by atoms with Gasteiger partial charge in [0.2, 0.25) is 0 Å². The lowest BCUT2D eigenvalue weighted by molar-refractivity contribution is -0.00248. The van der Waals surface area contributed by atoms with E-state index in [0.717, 1.165) is 50.0 Å². The molecule has 2 aromatic rings. The van der Waals surface area contributed by atoms with E-state index in [4.69, 9.17) is 0 Å². The summed E-state index contributed by atoms with van der Waals surface area (Å²) in [4.78, 5) is 17.6. The van der Waals surface area contributed by atoms with Gasteiger partial charge in [0.1, 0.15) is 5.82 Å². The van der Waals surface area contributed by atoms with Crippen molar-refractivity contribution in [1.82, 2.24) is 15.1 Å². The van der Waals surface area contributed by atoms with Crippen LogP contribution in [0.1, 0.15) is 35.6 Å². The largest absolute Gasteiger partial charge is 0.330 e. The number of urea groups is 1. The van der Waals surface area contributed by atoms with Crippen molar-refractivity contribution in [1.29, 1.82) is 0 Å². The third-order valence-corrected chi connectivity index (χ3v) is 6.28. The highest BCUT2D eigenvalue weighted by Crippen LogP contribution is 2.37. The Morgan fingerprint density at radius 2 is 1.85 bits per heavy atom. The Kier molecular flexibility index (Phi) is 3.93. The first-order valence-corrected chi connectivity index (χ1v) is 9.78. The molecule has 0 aliphatic carbocycles. The fraction of sp³-hybridized carbons (Fsp3) is 0.409. The summed E-state index contributed by atoms with van der Waals surface area (Å²) in [6.45, 7) is 3.74. The second-order valence-electron chi connectivity index (χ2n) is 8.12. The Labute approximate surface area is 159 Å². The topological polar surface area (TPSA) is 35.6 Å². The van der Waals surface area contributed by atoms with Crippen LogP contribution in [0, 0.1) is 5.82 Å². The molecule has 2 amide bonds. The summed E-state index contributed by atoms with van der Waals surface area (Å²) in [7, 11) is 0. The van der Waals surface area contributed by atoms with Gasteiger partial charge in [-0.15, -0.1) is 0 Å². The van der Waals surface area contributed by atoms with Gasteiger partial charge in [0.25, 0.3) is 0 Å². The first-order chi connectivity index (χ1) is 13.1. The maximum absolute atomic E-state index is 13.5. The van der Waals surface area contributed by atoms with E-state index in [2.05, 4.69) is 22.3 Å². The van der Waals surface area contributed by atoms with Gasteiger partial charge in [0, 0.05) is 19.6 Å². The number of rotatable bonds is 2. The van der Waals surface area contributed by atoms with Crippen molar-refractivity contribution in [2.45, 2.75) is 30.8 Å². The predicted octanol–water partition coefficient (Wildman–Crippen LogP) is 3.33. The second kappa shape index (κ2) is 6.34. The number of amides is 2. The average molecular weight is 365 g/mol. The third kappa shape index (κ3) is 2.90. The summed E-state index contributed by atoms with van der Waals surface area (Å²) in [5.41, 5.74) is 3.30. The van der Waals surface area contributed by atoms with Crippen LogP contribution < -0.4 is 5.32 Å². The van der Waals surface area contributed by atoms with E-state index < -0.39 is 0 Å². The molecule has 27 heavy (non-hydrogen) atoms. The van der Waals surface area contributed by atoms with Crippen molar-refractivity contribution in [3.8, 4) is 0 Å². The van der Waals surface area contributed by atoms with Crippen LogP contribution in [0.15, 0.2) is 48.5 Å². The molecule has 4 aliphatic rings. The number of carbonyl (C=O) groups is 1. The summed E-state index contributed by atoms with van der Waals surface area (Å²) in [5.74, 6) is -0.255. The van der Waals surface area contributed by atoms with Crippen LogP contribution in [0.25, 0.3) is 0 Å². The molecule has 1 atom stereocenters. The molecular weight excluding hydrogens is 341 g/mol. The lowest BCUT2D eigenvalue weighted by atomic mass is 9.80. The molecule has 4 nitrogen and oxygen atoms in total. The molecule has 0 saturated carbocycles. The summed E-state index contributed by atoms with van der Waals surface area (Å²) in [6.07, 6.45) is 3.05. The molecule has 0 aromatic heterocycles. The molecule has 0 radical (unpaired) electrons. The minimum atomic E-state index is -0.255. The van der Waals surface area contributed by atoms with Crippen molar-refractivity contribution in [3.63, 3.8) is 0 Å². The Balaban J connectivity index is 1.47. The van der Waals surface area contributed by atoms with Gasteiger partial charge in [-0.25, -0.2) is 9.18 Å². The van der Waals surface area contributed by atoms with Crippen molar-refractivity contribution < 1.29 is 9.18 Å². The van der Waals surface area contributed by atoms with E-state index in [0.29, 0.717) is 6.54 Å². The van der Waals surface area contributed by atoms with E-state index in [-0.39, 0.29) is 23.4 Å². The number of hydrogen-bond donors (Lipinski definition) is 1. The number of carbonyl (C=O) groups excluding carboxylic acids is 1. The minimum Gasteiger partial charge on any atom is -0.330 e. The van der Waals surface area contributed by atoms with Crippen LogP contribution in [-0.4, -0.2) is 47.5 Å². The lowest BCUT2D eigenvalue weighted by Gasteiger charge is -2.55. The van der Waals surface area contributed by atoms with Gasteiger partial charge in [-0.05, 0) is 54.6 Å². The van der Waals surface area contributed by atoms with Crippen LogP contribution >= 0.6 is 0 Å². The lowest BCUT2D eigenvalue weighted by Crippen LogP contribution is -2.74. The molecule has 3 fully saturated rings. The molecule has 140 valence electrons. The molecular formula is C22H24FN3O. The monoisotopic (exact) mass is 365 g/mol. The third-order valence-electron chi connectivity index (χ3n) is 6.28. The number of piperidine rings is 2. The molecule has 0 spiro atoms. The Morgan fingerprint density at radius 1 is 1.07 bits per heavy atom. The summed E-state index contributed by atoms with van der Waals surface area (Å²) < 4.78 is 13.5. The quantitative estimate of drug-likeness (QED) is 0.886. The van der Waals surface area contributed by atoms with Gasteiger partial charge in [0.15, 0.2) is 0 Å². The van der Waals surface area contributed by atoms with E-state index in [1.165, 1.54) is 17.7 Å². The van der Waals surface area contributed by atoms with Crippen LogP contribution in [0.4, 0.5) is 9.18 Å². The van der Waals surface area contributed by atoms with Gasteiger partial charge in [-0.1, -0.05) is 36.4 Å². The van der Waals surface area contributed by atoms with Gasteiger partial charge in [-0.2, -0.15) is 0 Å². The zero-order chi connectivity index (χ0) is 18.4. The molecule has 0 unspecified atom stereocenters. The van der Waals surface area contributed by atoms with Gasteiger partial charge >= 0.3 is 6.03 Å². The van der Waals surface area contributed by atoms with Crippen molar-refractivity contribution in [3.05, 3.63) is 71.0 Å². The van der Waals surface area contributed by atoms with Crippen LogP contribution in [-0.2, 0) is 6.42 Å². The zero-order valence-corrected chi connectivity index (χ0v) is 15.3. The fourth-order valence-corrected chi connectivity index (χ4v) is 5.00. The number of halogens is 1. The van der Waals surface area contributed by atoms with Crippen LogP contribution in [0.2, 0.25) is 0 Å². The molecule has 5 heteroatoms. The van der Waals surface area contributed by atoms with E-state index in [1.54, 1.807) is 12.1 Å². The van der Waals surface area contributed by atoms with Crippen LogP contribution in [0.3, 0.4) is 0 Å². The highest BCUT2D eigenvalue weighted by atomic mass is 19.1. The molecule has 4 heterocycles.